The van der Waals surface area contributed by atoms with Crippen molar-refractivity contribution in [2.75, 3.05) is 5.32 Å². The molecule has 0 fully saturated rings. The highest BCUT2D eigenvalue weighted by atomic mass is 35.5. The largest absolute Gasteiger partial charge is 0.436 e. The molecule has 0 atom stereocenters. The number of fused-ring (bicyclic) bond motifs is 1. The lowest BCUT2D eigenvalue weighted by Crippen LogP contribution is -2.18. The standard InChI is InChI=1S/C11H8ClN3O2S/c12-10-11(15-18-14-10)17-7-2-3-8-6(5-7)1-4-9(16)13-8/h2-3,5H,1,4H2,(H,13,16). The highest BCUT2D eigenvalue weighted by Crippen LogP contribution is 2.31. The van der Waals surface area contributed by atoms with E-state index in [1.807, 2.05) is 12.1 Å². The predicted molar refractivity (Wildman–Crippen MR) is 68.4 cm³/mol. The van der Waals surface area contributed by atoms with Crippen molar-refractivity contribution in [2.45, 2.75) is 12.8 Å². The zero-order chi connectivity index (χ0) is 12.5. The van der Waals surface area contributed by atoms with Crippen LogP contribution in [0.4, 0.5) is 5.69 Å². The fourth-order valence-electron chi connectivity index (χ4n) is 1.77. The number of aryl methyl sites for hydroxylation is 1. The second kappa shape index (κ2) is 4.55. The molecule has 1 aromatic heterocycles. The quantitative estimate of drug-likeness (QED) is 0.919. The fourth-order valence-corrected chi connectivity index (χ4v) is 2.38. The van der Waals surface area contributed by atoms with E-state index < -0.39 is 0 Å². The highest BCUT2D eigenvalue weighted by molar-refractivity contribution is 6.99. The third kappa shape index (κ3) is 2.16. The van der Waals surface area contributed by atoms with Crippen LogP contribution in [0, 0.1) is 0 Å². The van der Waals surface area contributed by atoms with Crippen molar-refractivity contribution in [3.63, 3.8) is 0 Å². The second-order valence-corrected chi connectivity index (χ2v) is 4.72. The summed E-state index contributed by atoms with van der Waals surface area (Å²) in [6.45, 7) is 0. The maximum Gasteiger partial charge on any atom is 0.270 e. The lowest BCUT2D eigenvalue weighted by Gasteiger charge is -2.17. The van der Waals surface area contributed by atoms with Crippen LogP contribution < -0.4 is 10.1 Å². The number of amides is 1. The van der Waals surface area contributed by atoms with Crippen molar-refractivity contribution in [3.8, 4) is 11.6 Å². The molecule has 0 saturated carbocycles. The lowest BCUT2D eigenvalue weighted by atomic mass is 10.0. The molecule has 0 unspecified atom stereocenters. The van der Waals surface area contributed by atoms with Crippen molar-refractivity contribution in [1.82, 2.24) is 8.75 Å². The number of hydrogen-bond acceptors (Lipinski definition) is 5. The van der Waals surface area contributed by atoms with Gasteiger partial charge >= 0.3 is 0 Å². The Morgan fingerprint density at radius 2 is 2.22 bits per heavy atom. The minimum absolute atomic E-state index is 0.0444. The number of ether oxygens (including phenoxy) is 1. The van der Waals surface area contributed by atoms with Gasteiger partial charge in [-0.2, -0.15) is 4.37 Å². The number of benzene rings is 1. The summed E-state index contributed by atoms with van der Waals surface area (Å²) in [6, 6.07) is 5.46. The van der Waals surface area contributed by atoms with Gasteiger partial charge in [-0.15, -0.1) is 4.37 Å². The smallest absolute Gasteiger partial charge is 0.270 e. The Labute approximate surface area is 112 Å². The molecule has 7 heteroatoms. The molecular weight excluding hydrogens is 274 g/mol. The van der Waals surface area contributed by atoms with Gasteiger partial charge in [0.05, 0.1) is 11.7 Å². The Hall–Kier alpha value is -1.66. The molecule has 1 N–H and O–H groups in total. The van der Waals surface area contributed by atoms with Crippen LogP contribution in [-0.2, 0) is 11.2 Å². The van der Waals surface area contributed by atoms with E-state index in [-0.39, 0.29) is 11.1 Å². The third-order valence-electron chi connectivity index (χ3n) is 2.61. The molecule has 0 bridgehead atoms. The summed E-state index contributed by atoms with van der Waals surface area (Å²) >= 11 is 6.81. The molecule has 92 valence electrons. The Kier molecular flexibility index (Phi) is 2.89. The molecule has 0 saturated heterocycles. The van der Waals surface area contributed by atoms with E-state index in [4.69, 9.17) is 16.3 Å². The van der Waals surface area contributed by atoms with Crippen LogP contribution in [0.2, 0.25) is 5.15 Å². The molecule has 1 aromatic carbocycles. The van der Waals surface area contributed by atoms with Gasteiger partial charge in [0.15, 0.2) is 0 Å². The molecule has 0 radical (unpaired) electrons. The van der Waals surface area contributed by atoms with Crippen molar-refractivity contribution in [2.24, 2.45) is 0 Å². The van der Waals surface area contributed by atoms with Crippen LogP contribution in [0.1, 0.15) is 12.0 Å². The maximum absolute atomic E-state index is 11.2. The van der Waals surface area contributed by atoms with Gasteiger partial charge < -0.3 is 10.1 Å². The van der Waals surface area contributed by atoms with Gasteiger partial charge in [-0.25, -0.2) is 0 Å². The van der Waals surface area contributed by atoms with Crippen LogP contribution in [0.3, 0.4) is 0 Å². The summed E-state index contributed by atoms with van der Waals surface area (Å²) in [7, 11) is 0. The molecule has 5 nitrogen and oxygen atoms in total. The highest BCUT2D eigenvalue weighted by Gasteiger charge is 2.16. The molecule has 1 amide bonds. The number of rotatable bonds is 2. The van der Waals surface area contributed by atoms with E-state index in [1.165, 1.54) is 0 Å². The van der Waals surface area contributed by atoms with Gasteiger partial charge in [-0.05, 0) is 30.2 Å². The number of aromatic nitrogens is 2. The minimum atomic E-state index is 0.0444. The van der Waals surface area contributed by atoms with Crippen LogP contribution >= 0.6 is 23.3 Å². The van der Waals surface area contributed by atoms with E-state index in [2.05, 4.69) is 14.1 Å². The summed E-state index contributed by atoms with van der Waals surface area (Å²) in [5.74, 6) is 0.990. The van der Waals surface area contributed by atoms with Crippen molar-refractivity contribution < 1.29 is 9.53 Å². The maximum atomic E-state index is 11.2. The summed E-state index contributed by atoms with van der Waals surface area (Å²) in [5.41, 5.74) is 1.88. The Balaban J connectivity index is 1.87. The molecule has 18 heavy (non-hydrogen) atoms. The van der Waals surface area contributed by atoms with E-state index in [1.54, 1.807) is 6.07 Å². The van der Waals surface area contributed by atoms with Gasteiger partial charge in [0.25, 0.3) is 5.88 Å². The van der Waals surface area contributed by atoms with Gasteiger partial charge in [-0.1, -0.05) is 11.6 Å². The van der Waals surface area contributed by atoms with Crippen LogP contribution in [0.25, 0.3) is 0 Å². The fraction of sp³-hybridized carbons (Fsp3) is 0.182. The SMILES string of the molecule is O=C1CCc2cc(Oc3nsnc3Cl)ccc2N1. The summed E-state index contributed by atoms with van der Waals surface area (Å²) in [6.07, 6.45) is 1.21. The lowest BCUT2D eigenvalue weighted by molar-refractivity contribution is -0.116. The first kappa shape index (κ1) is 11.4. The van der Waals surface area contributed by atoms with Gasteiger partial charge in [0, 0.05) is 12.1 Å². The van der Waals surface area contributed by atoms with Gasteiger partial charge in [0.1, 0.15) is 5.75 Å². The van der Waals surface area contributed by atoms with Gasteiger partial charge in [0.2, 0.25) is 11.1 Å². The first-order valence-corrected chi connectivity index (χ1v) is 6.42. The predicted octanol–water partition coefficient (Wildman–Crippen LogP) is 2.87. The average molecular weight is 282 g/mol. The van der Waals surface area contributed by atoms with E-state index in [9.17, 15) is 4.79 Å². The van der Waals surface area contributed by atoms with Crippen LogP contribution in [0.15, 0.2) is 18.2 Å². The first-order valence-electron chi connectivity index (χ1n) is 5.31. The van der Waals surface area contributed by atoms with Crippen LogP contribution in [0.5, 0.6) is 11.6 Å². The summed E-state index contributed by atoms with van der Waals surface area (Å²) < 4.78 is 13.3. The van der Waals surface area contributed by atoms with E-state index >= 15 is 0 Å². The number of nitrogens with zero attached hydrogens (tertiary/aromatic N) is 2. The third-order valence-corrected chi connectivity index (χ3v) is 3.47. The zero-order valence-corrected chi connectivity index (χ0v) is 10.7. The topological polar surface area (TPSA) is 64.1 Å². The van der Waals surface area contributed by atoms with E-state index in [0.717, 1.165) is 23.0 Å². The molecule has 1 aliphatic rings. The van der Waals surface area contributed by atoms with Crippen LogP contribution in [-0.4, -0.2) is 14.7 Å². The van der Waals surface area contributed by atoms with Crippen molar-refractivity contribution in [1.29, 1.82) is 0 Å². The van der Waals surface area contributed by atoms with Gasteiger partial charge in [-0.3, -0.25) is 4.79 Å². The molecule has 1 aliphatic heterocycles. The first-order chi connectivity index (χ1) is 8.72. The number of anilines is 1. The molecule has 3 rings (SSSR count). The Morgan fingerprint density at radius 1 is 1.33 bits per heavy atom. The molecule has 2 heterocycles. The minimum Gasteiger partial charge on any atom is -0.436 e. The van der Waals surface area contributed by atoms with E-state index in [0.29, 0.717) is 24.5 Å². The number of carbonyl (C=O) groups is 1. The number of halogens is 1. The monoisotopic (exact) mass is 281 g/mol. The molecule has 0 spiro atoms. The number of carbonyl (C=O) groups excluding carboxylic acids is 1. The number of hydrogen-bond donors (Lipinski definition) is 1. The zero-order valence-electron chi connectivity index (χ0n) is 9.14. The van der Waals surface area contributed by atoms with Crippen molar-refractivity contribution in [3.05, 3.63) is 28.9 Å². The Morgan fingerprint density at radius 3 is 3.00 bits per heavy atom. The average Bonchev–Trinajstić information content (AvgIpc) is 2.75. The molecular formula is C11H8ClN3O2S. The summed E-state index contributed by atoms with van der Waals surface area (Å²) in [4.78, 5) is 11.2. The van der Waals surface area contributed by atoms with Crippen molar-refractivity contribution >= 4 is 34.9 Å². The Bertz CT molecular complexity index is 614. The molecule has 2 aromatic rings. The second-order valence-electron chi connectivity index (χ2n) is 3.83. The normalized spacial score (nSPS) is 13.9. The number of nitrogens with one attached hydrogen (secondary N) is 1. The molecule has 0 aliphatic carbocycles. The summed E-state index contributed by atoms with van der Waals surface area (Å²) in [5, 5.41) is 3.07.